The van der Waals surface area contributed by atoms with Gasteiger partial charge in [0.2, 0.25) is 11.8 Å². The molecule has 11 heteroatoms. The summed E-state index contributed by atoms with van der Waals surface area (Å²) in [6.45, 7) is 0. The number of nitrogens with zero attached hydrogens (tertiary/aromatic N) is 1. The first kappa shape index (κ1) is 35.9. The predicted molar refractivity (Wildman–Crippen MR) is 195 cm³/mol. The minimum absolute atomic E-state index is 0.0807. The number of oxazole rings is 1. The van der Waals surface area contributed by atoms with Crippen LogP contribution in [0.15, 0.2) is 119 Å². The van der Waals surface area contributed by atoms with Gasteiger partial charge in [-0.1, -0.05) is 110 Å². The van der Waals surface area contributed by atoms with Gasteiger partial charge in [0.15, 0.2) is 12.1 Å². The molecule has 3 atom stereocenters. The monoisotopic (exact) mass is 707 g/mol. The first-order valence-corrected chi connectivity index (χ1v) is 18.1. The normalized spacial score (nSPS) is 17.2. The van der Waals surface area contributed by atoms with Crippen LogP contribution in [-0.4, -0.2) is 39.0 Å². The number of phenols is 1. The molecule has 0 spiro atoms. The van der Waals surface area contributed by atoms with Crippen LogP contribution in [0.2, 0.25) is 0 Å². The van der Waals surface area contributed by atoms with Crippen LogP contribution in [0.25, 0.3) is 22.6 Å². The quantitative estimate of drug-likeness (QED) is 0.0363. The molecule has 5 aromatic rings. The lowest BCUT2D eigenvalue weighted by molar-refractivity contribution is -0.245. The Labute approximate surface area is 301 Å². The van der Waals surface area contributed by atoms with E-state index in [0.717, 1.165) is 40.8 Å². The van der Waals surface area contributed by atoms with Gasteiger partial charge in [0.25, 0.3) is 5.22 Å². The van der Waals surface area contributed by atoms with E-state index in [1.807, 2.05) is 97.1 Å². The second kappa shape index (κ2) is 17.8. The fourth-order valence-electron chi connectivity index (χ4n) is 5.91. The molecule has 264 valence electrons. The van der Waals surface area contributed by atoms with Crippen molar-refractivity contribution in [3.8, 4) is 28.3 Å². The number of thioether (sulfide) groups is 1. The van der Waals surface area contributed by atoms with Crippen LogP contribution in [0.3, 0.4) is 0 Å². The maximum atomic E-state index is 12.5. The lowest BCUT2D eigenvalue weighted by Gasteiger charge is -2.36. The van der Waals surface area contributed by atoms with E-state index in [9.17, 15) is 14.7 Å². The smallest absolute Gasteiger partial charge is 0.256 e. The zero-order valence-corrected chi connectivity index (χ0v) is 28.9. The van der Waals surface area contributed by atoms with E-state index in [4.69, 9.17) is 24.1 Å². The molecule has 4 N–H and O–H groups in total. The number of hydrogen-bond donors (Lipinski definition) is 4. The minimum atomic E-state index is -0.662. The Morgan fingerprint density at radius 2 is 1.37 bits per heavy atom. The summed E-state index contributed by atoms with van der Waals surface area (Å²) in [5, 5.41) is 22.0. The Hall–Kier alpha value is -4.94. The van der Waals surface area contributed by atoms with E-state index in [1.54, 1.807) is 17.6 Å². The molecule has 0 radical (unpaired) electrons. The number of benzene rings is 4. The number of hydroxylamine groups is 1. The first-order valence-electron chi connectivity index (χ1n) is 17.1. The van der Waals surface area contributed by atoms with Crippen molar-refractivity contribution in [3.63, 3.8) is 0 Å². The molecule has 1 aliphatic heterocycles. The highest BCUT2D eigenvalue weighted by molar-refractivity contribution is 7.99. The van der Waals surface area contributed by atoms with Crippen molar-refractivity contribution in [1.82, 2.24) is 10.5 Å². The van der Waals surface area contributed by atoms with E-state index in [1.165, 1.54) is 11.8 Å². The molecule has 6 rings (SSSR count). The molecule has 3 unspecified atom stereocenters. The molecular weight excluding hydrogens is 667 g/mol. The summed E-state index contributed by atoms with van der Waals surface area (Å²) in [7, 11) is 0. The highest BCUT2D eigenvalue weighted by Gasteiger charge is 2.33. The summed E-state index contributed by atoms with van der Waals surface area (Å²) in [4.78, 5) is 28.5. The minimum Gasteiger partial charge on any atom is -0.508 e. The van der Waals surface area contributed by atoms with Gasteiger partial charge in [-0.3, -0.25) is 14.8 Å². The van der Waals surface area contributed by atoms with Gasteiger partial charge in [0, 0.05) is 47.4 Å². The van der Waals surface area contributed by atoms with Crippen LogP contribution >= 0.6 is 11.8 Å². The van der Waals surface area contributed by atoms with Gasteiger partial charge >= 0.3 is 0 Å². The second-order valence-corrected chi connectivity index (χ2v) is 13.3. The van der Waals surface area contributed by atoms with Crippen LogP contribution < -0.4 is 10.8 Å². The van der Waals surface area contributed by atoms with Gasteiger partial charge in [-0.15, -0.1) is 0 Å². The molecule has 1 fully saturated rings. The van der Waals surface area contributed by atoms with E-state index in [-0.39, 0.29) is 30.3 Å². The zero-order chi connectivity index (χ0) is 35.4. The number of aromatic nitrogens is 1. The van der Waals surface area contributed by atoms with Crippen molar-refractivity contribution in [2.24, 2.45) is 0 Å². The number of rotatable bonds is 15. The van der Waals surface area contributed by atoms with Crippen LogP contribution in [0.5, 0.6) is 5.75 Å². The number of amides is 2. The molecule has 1 aliphatic rings. The van der Waals surface area contributed by atoms with Gasteiger partial charge in [-0.2, -0.15) is 0 Å². The standard InChI is InChI=1S/C40H41N3O7S/c44-32-23-19-27(20-24-32)34-25-33(26-51-40-42-37(28-11-5-3-6-12-28)38(50-40)29-13-7-4-8-14-29)48-39(49-34)30-17-21-31(22-18-30)41-35(45)15-9-1-2-10-16-36(46)43-47/h3-8,11-14,17-24,33-34,39,44,47H,1-2,9-10,15-16,25-26H2,(H,41,45)(H,43,46). The summed E-state index contributed by atoms with van der Waals surface area (Å²) in [6.07, 6.45) is 3.09. The summed E-state index contributed by atoms with van der Waals surface area (Å²) < 4.78 is 19.3. The summed E-state index contributed by atoms with van der Waals surface area (Å²) in [6, 6.07) is 34.5. The second-order valence-electron chi connectivity index (χ2n) is 12.4. The Morgan fingerprint density at radius 3 is 2.04 bits per heavy atom. The number of carbonyl (C=O) groups excluding carboxylic acids is 2. The summed E-state index contributed by atoms with van der Waals surface area (Å²) in [5.41, 5.74) is 6.76. The number of aromatic hydroxyl groups is 1. The molecule has 2 amide bonds. The SMILES string of the molecule is O=C(CCCCCCC(=O)Nc1ccc(C2OC(CSc3nc(-c4ccccc4)c(-c4ccccc4)o3)CC(c3ccc(O)cc3)O2)cc1)NO. The van der Waals surface area contributed by atoms with Crippen molar-refractivity contribution in [1.29, 1.82) is 0 Å². The third-order valence-electron chi connectivity index (χ3n) is 8.58. The molecule has 0 bridgehead atoms. The van der Waals surface area contributed by atoms with Gasteiger partial charge in [-0.25, -0.2) is 10.5 Å². The van der Waals surface area contributed by atoms with Crippen molar-refractivity contribution in [3.05, 3.63) is 120 Å². The van der Waals surface area contributed by atoms with Crippen LogP contribution in [-0.2, 0) is 19.1 Å². The van der Waals surface area contributed by atoms with Crippen LogP contribution in [0.4, 0.5) is 5.69 Å². The van der Waals surface area contributed by atoms with E-state index >= 15 is 0 Å². The van der Waals surface area contributed by atoms with Gasteiger partial charge in [0.1, 0.15) is 11.4 Å². The molecule has 0 saturated carbocycles. The fraction of sp³-hybridized carbons (Fsp3) is 0.275. The van der Waals surface area contributed by atoms with Crippen molar-refractivity contribution in [2.45, 2.75) is 68.7 Å². The average Bonchev–Trinajstić information content (AvgIpc) is 3.61. The highest BCUT2D eigenvalue weighted by Crippen LogP contribution is 2.41. The van der Waals surface area contributed by atoms with Crippen LogP contribution in [0, 0.1) is 0 Å². The number of unbranched alkanes of at least 4 members (excludes halogenated alkanes) is 3. The van der Waals surface area contributed by atoms with E-state index in [0.29, 0.717) is 48.1 Å². The molecular formula is C40H41N3O7S. The lowest BCUT2D eigenvalue weighted by Crippen LogP contribution is -2.31. The lowest BCUT2D eigenvalue weighted by atomic mass is 10.0. The van der Waals surface area contributed by atoms with Gasteiger partial charge < -0.3 is 24.3 Å². The molecule has 1 saturated heterocycles. The molecule has 4 aromatic carbocycles. The Kier molecular flexibility index (Phi) is 12.5. The van der Waals surface area contributed by atoms with Crippen LogP contribution in [0.1, 0.15) is 68.5 Å². The third-order valence-corrected chi connectivity index (χ3v) is 9.54. The zero-order valence-electron chi connectivity index (χ0n) is 28.1. The number of carbonyl (C=O) groups is 2. The molecule has 1 aromatic heterocycles. The molecule has 2 heterocycles. The van der Waals surface area contributed by atoms with Gasteiger partial charge in [0.05, 0.1) is 12.2 Å². The number of nitrogens with one attached hydrogen (secondary N) is 2. The number of anilines is 1. The molecule has 51 heavy (non-hydrogen) atoms. The van der Waals surface area contributed by atoms with Crippen molar-refractivity contribution < 1.29 is 33.8 Å². The Bertz CT molecular complexity index is 1790. The van der Waals surface area contributed by atoms with Crippen molar-refractivity contribution in [2.75, 3.05) is 11.1 Å². The first-order chi connectivity index (χ1) is 24.9. The largest absolute Gasteiger partial charge is 0.508 e. The molecule has 0 aliphatic carbocycles. The van der Waals surface area contributed by atoms with E-state index < -0.39 is 12.2 Å². The topological polar surface area (TPSA) is 143 Å². The summed E-state index contributed by atoms with van der Waals surface area (Å²) in [5.74, 6) is 0.996. The fourth-order valence-corrected chi connectivity index (χ4v) is 6.75. The maximum Gasteiger partial charge on any atom is 0.256 e. The summed E-state index contributed by atoms with van der Waals surface area (Å²) >= 11 is 1.50. The van der Waals surface area contributed by atoms with E-state index in [2.05, 4.69) is 5.32 Å². The number of hydrogen-bond acceptors (Lipinski definition) is 9. The Morgan fingerprint density at radius 1 is 0.745 bits per heavy atom. The third kappa shape index (κ3) is 10.1. The number of ether oxygens (including phenoxy) is 2. The van der Waals surface area contributed by atoms with Crippen molar-refractivity contribution >= 4 is 29.3 Å². The highest BCUT2D eigenvalue weighted by atomic mass is 32.2. The predicted octanol–water partition coefficient (Wildman–Crippen LogP) is 8.84. The molecule has 10 nitrogen and oxygen atoms in total. The number of phenolic OH excluding ortho intramolecular Hbond substituents is 1. The van der Waals surface area contributed by atoms with Gasteiger partial charge in [-0.05, 0) is 42.7 Å². The Balaban J connectivity index is 1.11. The maximum absolute atomic E-state index is 12.5. The average molecular weight is 708 g/mol.